The summed E-state index contributed by atoms with van der Waals surface area (Å²) in [5, 5.41) is 2.34. The SMILES string of the molecule is CN1CCC(c2cccc(N3CCN(c4ccc5c(c4)[nH]c(=O)n5C4CCC(=O)NC4=O)CC3)c2)C1. The Bertz CT molecular complexity index is 1370. The van der Waals surface area contributed by atoms with Gasteiger partial charge in [-0.1, -0.05) is 12.1 Å². The molecule has 9 nitrogen and oxygen atoms in total. The summed E-state index contributed by atoms with van der Waals surface area (Å²) in [5.74, 6) is -0.0838. The van der Waals surface area contributed by atoms with Gasteiger partial charge in [0, 0.05) is 50.5 Å². The largest absolute Gasteiger partial charge is 0.368 e. The number of imide groups is 1. The number of piperazine rings is 1. The standard InChI is InChI=1S/C27H32N6O3/c1-30-10-9-19(17-30)18-3-2-4-20(15-18)31-11-13-32(14-12-31)21-5-6-23-22(16-21)28-27(36)33(23)24-7-8-25(34)29-26(24)35/h2-6,15-16,19,24H,7-14,17H2,1H3,(H,28,36)(H,29,34,35). The molecule has 4 heterocycles. The first-order chi connectivity index (χ1) is 17.5. The number of hydrogen-bond acceptors (Lipinski definition) is 6. The summed E-state index contributed by atoms with van der Waals surface area (Å²) < 4.78 is 1.48. The molecule has 0 radical (unpaired) electrons. The van der Waals surface area contributed by atoms with E-state index >= 15 is 0 Å². The van der Waals surface area contributed by atoms with Gasteiger partial charge in [-0.3, -0.25) is 19.5 Å². The number of fused-ring (bicyclic) bond motifs is 1. The van der Waals surface area contributed by atoms with Gasteiger partial charge in [0.1, 0.15) is 6.04 Å². The van der Waals surface area contributed by atoms with Crippen molar-refractivity contribution in [1.82, 2.24) is 19.8 Å². The van der Waals surface area contributed by atoms with Crippen LogP contribution in [0.2, 0.25) is 0 Å². The number of likely N-dealkylation sites (N-methyl/N-ethyl adjacent to an activating group) is 1. The van der Waals surface area contributed by atoms with Crippen molar-refractivity contribution in [3.8, 4) is 0 Å². The molecule has 3 fully saturated rings. The number of likely N-dealkylation sites (tertiary alicyclic amines) is 1. The van der Waals surface area contributed by atoms with Crippen molar-refractivity contribution in [2.24, 2.45) is 0 Å². The maximum absolute atomic E-state index is 12.7. The van der Waals surface area contributed by atoms with Crippen molar-refractivity contribution in [3.05, 3.63) is 58.5 Å². The third kappa shape index (κ3) is 4.17. The Labute approximate surface area is 209 Å². The molecule has 3 aliphatic rings. The first-order valence-electron chi connectivity index (χ1n) is 12.8. The topological polar surface area (TPSA) is 93.7 Å². The highest BCUT2D eigenvalue weighted by molar-refractivity contribution is 6.00. The zero-order valence-corrected chi connectivity index (χ0v) is 20.6. The molecule has 2 N–H and O–H groups in total. The van der Waals surface area contributed by atoms with Crippen LogP contribution in [0.15, 0.2) is 47.3 Å². The quantitative estimate of drug-likeness (QED) is 0.546. The van der Waals surface area contributed by atoms with E-state index in [1.54, 1.807) is 0 Å². The summed E-state index contributed by atoms with van der Waals surface area (Å²) in [5.41, 5.74) is 4.86. The van der Waals surface area contributed by atoms with Crippen molar-refractivity contribution in [3.63, 3.8) is 0 Å². The Kier molecular flexibility index (Phi) is 5.79. The summed E-state index contributed by atoms with van der Waals surface area (Å²) >= 11 is 0. The number of amides is 2. The maximum Gasteiger partial charge on any atom is 0.327 e. The monoisotopic (exact) mass is 488 g/mol. The Morgan fingerprint density at radius 2 is 1.61 bits per heavy atom. The first kappa shape index (κ1) is 22.8. The van der Waals surface area contributed by atoms with E-state index in [1.807, 2.05) is 18.2 Å². The van der Waals surface area contributed by atoms with Crippen LogP contribution >= 0.6 is 0 Å². The summed E-state index contributed by atoms with van der Waals surface area (Å²) in [7, 11) is 2.19. The molecule has 3 aliphatic heterocycles. The predicted octanol–water partition coefficient (Wildman–Crippen LogP) is 2.05. The molecule has 2 atom stereocenters. The van der Waals surface area contributed by atoms with Crippen LogP contribution in [0.5, 0.6) is 0 Å². The highest BCUT2D eigenvalue weighted by Crippen LogP contribution is 2.30. The summed E-state index contributed by atoms with van der Waals surface area (Å²) in [4.78, 5) is 46.7. The number of carbonyl (C=O) groups is 2. The lowest BCUT2D eigenvalue weighted by molar-refractivity contribution is -0.135. The smallest absolute Gasteiger partial charge is 0.327 e. The summed E-state index contributed by atoms with van der Waals surface area (Å²) in [6.07, 6.45) is 1.79. The minimum absolute atomic E-state index is 0.235. The van der Waals surface area contributed by atoms with Gasteiger partial charge in [0.05, 0.1) is 11.0 Å². The van der Waals surface area contributed by atoms with E-state index in [9.17, 15) is 14.4 Å². The number of anilines is 2. The van der Waals surface area contributed by atoms with Crippen LogP contribution in [-0.2, 0) is 9.59 Å². The van der Waals surface area contributed by atoms with E-state index in [4.69, 9.17) is 0 Å². The Balaban J connectivity index is 1.16. The molecule has 2 amide bonds. The number of imidazole rings is 1. The lowest BCUT2D eigenvalue weighted by Crippen LogP contribution is -2.46. The average molecular weight is 489 g/mol. The van der Waals surface area contributed by atoms with Gasteiger partial charge in [0.15, 0.2) is 0 Å². The number of hydrogen-bond donors (Lipinski definition) is 2. The van der Waals surface area contributed by atoms with E-state index in [0.717, 1.165) is 38.4 Å². The Hall–Kier alpha value is -3.59. The Morgan fingerprint density at radius 1 is 0.861 bits per heavy atom. The Morgan fingerprint density at radius 3 is 2.31 bits per heavy atom. The molecule has 0 bridgehead atoms. The van der Waals surface area contributed by atoms with Crippen LogP contribution in [0.25, 0.3) is 11.0 Å². The lowest BCUT2D eigenvalue weighted by atomic mass is 9.97. The lowest BCUT2D eigenvalue weighted by Gasteiger charge is -2.37. The number of carbonyl (C=O) groups excluding carboxylic acids is 2. The second kappa shape index (κ2) is 9.13. The van der Waals surface area contributed by atoms with Crippen molar-refractivity contribution >= 4 is 34.2 Å². The molecule has 36 heavy (non-hydrogen) atoms. The molecule has 2 aromatic carbocycles. The van der Waals surface area contributed by atoms with Gasteiger partial charge < -0.3 is 19.7 Å². The number of benzene rings is 2. The van der Waals surface area contributed by atoms with Crippen LogP contribution in [0.4, 0.5) is 11.4 Å². The van der Waals surface area contributed by atoms with Crippen molar-refractivity contribution in [2.45, 2.75) is 31.2 Å². The van der Waals surface area contributed by atoms with E-state index in [2.05, 4.69) is 56.3 Å². The minimum atomic E-state index is -0.668. The zero-order chi connectivity index (χ0) is 24.8. The van der Waals surface area contributed by atoms with Gasteiger partial charge >= 0.3 is 5.69 Å². The van der Waals surface area contributed by atoms with Crippen molar-refractivity contribution < 1.29 is 9.59 Å². The number of aromatic nitrogens is 2. The third-order valence-electron chi connectivity index (χ3n) is 7.96. The van der Waals surface area contributed by atoms with E-state index < -0.39 is 11.9 Å². The number of piperidine rings is 1. The molecule has 188 valence electrons. The molecule has 0 spiro atoms. The number of nitrogens with zero attached hydrogens (tertiary/aromatic N) is 4. The van der Waals surface area contributed by atoms with E-state index in [1.165, 1.54) is 28.8 Å². The number of rotatable bonds is 4. The van der Waals surface area contributed by atoms with Gasteiger partial charge in [-0.2, -0.15) is 0 Å². The van der Waals surface area contributed by atoms with Gasteiger partial charge in [-0.25, -0.2) is 4.79 Å². The molecule has 9 heteroatoms. The van der Waals surface area contributed by atoms with Gasteiger partial charge in [0.25, 0.3) is 0 Å². The zero-order valence-electron chi connectivity index (χ0n) is 20.6. The van der Waals surface area contributed by atoms with Gasteiger partial charge in [-0.05, 0) is 68.2 Å². The van der Waals surface area contributed by atoms with Gasteiger partial charge in [-0.15, -0.1) is 0 Å². The number of nitrogens with one attached hydrogen (secondary N) is 2. The molecular weight excluding hydrogens is 456 g/mol. The van der Waals surface area contributed by atoms with Crippen LogP contribution in [0.3, 0.4) is 0 Å². The molecule has 3 saturated heterocycles. The number of aromatic amines is 1. The first-order valence-corrected chi connectivity index (χ1v) is 12.8. The highest BCUT2D eigenvalue weighted by Gasteiger charge is 2.31. The average Bonchev–Trinajstić information content (AvgIpc) is 3.46. The molecule has 0 aliphatic carbocycles. The van der Waals surface area contributed by atoms with Crippen LogP contribution < -0.4 is 20.8 Å². The fraction of sp³-hybridized carbons (Fsp3) is 0.444. The normalized spacial score (nSPS) is 23.5. The molecular formula is C27H32N6O3. The van der Waals surface area contributed by atoms with Crippen LogP contribution in [-0.4, -0.2) is 72.6 Å². The maximum atomic E-state index is 12.7. The van der Waals surface area contributed by atoms with Crippen LogP contribution in [0.1, 0.15) is 36.8 Å². The summed E-state index contributed by atoms with van der Waals surface area (Å²) in [6, 6.07) is 14.3. The highest BCUT2D eigenvalue weighted by atomic mass is 16.2. The molecule has 1 aromatic heterocycles. The second-order valence-electron chi connectivity index (χ2n) is 10.3. The van der Waals surface area contributed by atoms with Crippen molar-refractivity contribution in [1.29, 1.82) is 0 Å². The minimum Gasteiger partial charge on any atom is -0.368 e. The predicted molar refractivity (Wildman–Crippen MR) is 140 cm³/mol. The summed E-state index contributed by atoms with van der Waals surface area (Å²) in [6.45, 7) is 5.94. The van der Waals surface area contributed by atoms with E-state index in [0.29, 0.717) is 23.4 Å². The molecule has 6 rings (SSSR count). The van der Waals surface area contributed by atoms with E-state index in [-0.39, 0.29) is 18.0 Å². The third-order valence-corrected chi connectivity index (χ3v) is 7.96. The fourth-order valence-electron chi connectivity index (χ4n) is 5.96. The fourth-order valence-corrected chi connectivity index (χ4v) is 5.96. The molecule has 3 aromatic rings. The van der Waals surface area contributed by atoms with Gasteiger partial charge in [0.2, 0.25) is 11.8 Å². The van der Waals surface area contributed by atoms with Crippen molar-refractivity contribution in [2.75, 3.05) is 56.1 Å². The molecule has 0 saturated carbocycles. The molecule has 2 unspecified atom stereocenters. The number of H-pyrrole nitrogens is 1. The second-order valence-corrected chi connectivity index (χ2v) is 10.3. The van der Waals surface area contributed by atoms with Crippen LogP contribution in [0, 0.1) is 0 Å².